The third kappa shape index (κ3) is 1.19. The summed E-state index contributed by atoms with van der Waals surface area (Å²) >= 11 is 5.31. The highest BCUT2D eigenvalue weighted by atomic mass is 35.5. The van der Waals surface area contributed by atoms with E-state index in [4.69, 9.17) is 11.6 Å². The lowest BCUT2D eigenvalue weighted by Crippen LogP contribution is -2.11. The Balaban J connectivity index is 3.28. The summed E-state index contributed by atoms with van der Waals surface area (Å²) in [6, 6.07) is 1.43. The van der Waals surface area contributed by atoms with Crippen LogP contribution >= 0.6 is 11.6 Å². The minimum Gasteiger partial charge on any atom is -0.327 e. The number of H-pyrrole nitrogens is 1. The highest BCUT2D eigenvalue weighted by Gasteiger charge is 2.02. The van der Waals surface area contributed by atoms with E-state index in [1.54, 1.807) is 0 Å². The second-order valence-electron chi connectivity index (χ2n) is 1.78. The average molecular weight is 162 g/mol. The van der Waals surface area contributed by atoms with Crippen molar-refractivity contribution in [3.8, 4) is 0 Å². The van der Waals surface area contributed by atoms with Crippen LogP contribution in [0.2, 0.25) is 0 Å². The van der Waals surface area contributed by atoms with Crippen LogP contribution in [-0.4, -0.2) is 4.98 Å². The van der Waals surface area contributed by atoms with Gasteiger partial charge in [-0.15, -0.1) is 11.6 Å². The molecule has 0 unspecified atom stereocenters. The normalized spacial score (nSPS) is 9.80. The molecule has 0 radical (unpaired) electrons. The molecule has 0 amide bonds. The minimum atomic E-state index is -0.794. The van der Waals surface area contributed by atoms with Gasteiger partial charge in [-0.05, 0) is 6.07 Å². The fourth-order valence-electron chi connectivity index (χ4n) is 0.604. The van der Waals surface area contributed by atoms with Crippen molar-refractivity contribution in [3.63, 3.8) is 0 Å². The minimum absolute atomic E-state index is 0.0236. The molecule has 2 nitrogen and oxygen atoms in total. The van der Waals surface area contributed by atoms with E-state index in [1.807, 2.05) is 0 Å². The van der Waals surface area contributed by atoms with Crippen LogP contribution < -0.4 is 5.56 Å². The molecule has 54 valence electrons. The number of halogens is 2. The standard InChI is InChI=1S/C6H5ClFNO/c7-3-4-1-2-9-6(10)5(4)8/h1-2H,3H2,(H,9,10). The van der Waals surface area contributed by atoms with Crippen LogP contribution in [0.5, 0.6) is 0 Å². The van der Waals surface area contributed by atoms with Crippen molar-refractivity contribution in [1.82, 2.24) is 4.98 Å². The SMILES string of the molecule is O=c1[nH]ccc(CCl)c1F. The highest BCUT2D eigenvalue weighted by molar-refractivity contribution is 6.17. The second-order valence-corrected chi connectivity index (χ2v) is 2.05. The van der Waals surface area contributed by atoms with Gasteiger partial charge in [-0.25, -0.2) is 4.39 Å². The molecule has 0 aliphatic heterocycles. The first-order valence-corrected chi connectivity index (χ1v) is 3.21. The summed E-state index contributed by atoms with van der Waals surface area (Å²) in [4.78, 5) is 12.7. The van der Waals surface area contributed by atoms with Gasteiger partial charge in [0.2, 0.25) is 0 Å². The first-order chi connectivity index (χ1) is 4.75. The molecule has 1 aromatic heterocycles. The van der Waals surface area contributed by atoms with Crippen LogP contribution in [0.15, 0.2) is 17.1 Å². The summed E-state index contributed by atoms with van der Waals surface area (Å²) in [5.74, 6) is -0.770. The third-order valence-corrected chi connectivity index (χ3v) is 1.41. The van der Waals surface area contributed by atoms with E-state index >= 15 is 0 Å². The van der Waals surface area contributed by atoms with E-state index in [-0.39, 0.29) is 11.4 Å². The van der Waals surface area contributed by atoms with Gasteiger partial charge in [-0.1, -0.05) is 0 Å². The van der Waals surface area contributed by atoms with Gasteiger partial charge in [0, 0.05) is 11.8 Å². The summed E-state index contributed by atoms with van der Waals surface area (Å²) in [6.45, 7) is 0. The number of aromatic amines is 1. The van der Waals surface area contributed by atoms with Crippen LogP contribution in [0.3, 0.4) is 0 Å². The number of aromatic nitrogens is 1. The molecule has 0 aromatic carbocycles. The zero-order valence-electron chi connectivity index (χ0n) is 5.03. The first kappa shape index (κ1) is 7.28. The summed E-state index contributed by atoms with van der Waals surface area (Å²) in [5, 5.41) is 0. The third-order valence-electron chi connectivity index (χ3n) is 1.12. The van der Waals surface area contributed by atoms with E-state index in [9.17, 15) is 9.18 Å². The number of rotatable bonds is 1. The summed E-state index contributed by atoms with van der Waals surface area (Å²) < 4.78 is 12.6. The van der Waals surface area contributed by atoms with Crippen molar-refractivity contribution in [3.05, 3.63) is 34.0 Å². The van der Waals surface area contributed by atoms with Gasteiger partial charge in [0.1, 0.15) is 0 Å². The van der Waals surface area contributed by atoms with E-state index in [2.05, 4.69) is 4.98 Å². The van der Waals surface area contributed by atoms with Crippen LogP contribution in [0.4, 0.5) is 4.39 Å². The van der Waals surface area contributed by atoms with Gasteiger partial charge in [0.25, 0.3) is 5.56 Å². The summed E-state index contributed by atoms with van der Waals surface area (Å²) in [7, 11) is 0. The average Bonchev–Trinajstić information content (AvgIpc) is 1.95. The molecule has 1 heterocycles. The summed E-state index contributed by atoms with van der Waals surface area (Å²) in [6.07, 6.45) is 1.36. The fourth-order valence-corrected chi connectivity index (χ4v) is 0.810. The molecule has 0 aliphatic carbocycles. The lowest BCUT2D eigenvalue weighted by molar-refractivity contribution is 0.597. The predicted molar refractivity (Wildman–Crippen MR) is 36.6 cm³/mol. The Labute approximate surface area is 61.6 Å². The van der Waals surface area contributed by atoms with Gasteiger partial charge in [-0.3, -0.25) is 4.79 Å². The Morgan fingerprint density at radius 2 is 2.40 bits per heavy atom. The predicted octanol–water partition coefficient (Wildman–Crippen LogP) is 1.25. The molecule has 0 aliphatic rings. The maximum absolute atomic E-state index is 12.6. The Kier molecular flexibility index (Phi) is 2.06. The van der Waals surface area contributed by atoms with Crippen molar-refractivity contribution < 1.29 is 4.39 Å². The van der Waals surface area contributed by atoms with Gasteiger partial charge in [0.15, 0.2) is 5.82 Å². The fraction of sp³-hybridized carbons (Fsp3) is 0.167. The molecule has 1 aromatic rings. The molecule has 0 spiro atoms. The Bertz CT molecular complexity index is 283. The van der Waals surface area contributed by atoms with Gasteiger partial charge in [0.05, 0.1) is 5.88 Å². The van der Waals surface area contributed by atoms with E-state index < -0.39 is 11.4 Å². The van der Waals surface area contributed by atoms with Gasteiger partial charge >= 0.3 is 0 Å². The molecule has 0 saturated heterocycles. The maximum Gasteiger partial charge on any atom is 0.284 e. The zero-order valence-corrected chi connectivity index (χ0v) is 5.78. The van der Waals surface area contributed by atoms with E-state index in [0.29, 0.717) is 0 Å². The first-order valence-electron chi connectivity index (χ1n) is 2.67. The molecule has 4 heteroatoms. The second kappa shape index (κ2) is 2.84. The molecule has 0 atom stereocenters. The quantitative estimate of drug-likeness (QED) is 0.618. The molecular formula is C6H5ClFNO. The zero-order chi connectivity index (χ0) is 7.56. The summed E-state index contributed by atoms with van der Waals surface area (Å²) in [5.41, 5.74) is -0.497. The highest BCUT2D eigenvalue weighted by Crippen LogP contribution is 2.02. The van der Waals surface area contributed by atoms with Crippen molar-refractivity contribution in [1.29, 1.82) is 0 Å². The lowest BCUT2D eigenvalue weighted by Gasteiger charge is -1.93. The molecule has 0 bridgehead atoms. The molecular weight excluding hydrogens is 157 g/mol. The smallest absolute Gasteiger partial charge is 0.284 e. The van der Waals surface area contributed by atoms with Crippen molar-refractivity contribution in [2.24, 2.45) is 0 Å². The lowest BCUT2D eigenvalue weighted by atomic mass is 10.3. The number of alkyl halides is 1. The Morgan fingerprint density at radius 3 is 2.90 bits per heavy atom. The molecule has 0 saturated carbocycles. The van der Waals surface area contributed by atoms with Crippen molar-refractivity contribution >= 4 is 11.6 Å². The number of hydrogen-bond acceptors (Lipinski definition) is 1. The van der Waals surface area contributed by atoms with Crippen molar-refractivity contribution in [2.75, 3.05) is 0 Å². The Hall–Kier alpha value is -0.830. The van der Waals surface area contributed by atoms with Gasteiger partial charge < -0.3 is 4.98 Å². The van der Waals surface area contributed by atoms with Crippen LogP contribution in [0.25, 0.3) is 0 Å². The topological polar surface area (TPSA) is 32.9 Å². The largest absolute Gasteiger partial charge is 0.327 e. The maximum atomic E-state index is 12.6. The van der Waals surface area contributed by atoms with E-state index in [1.165, 1.54) is 12.3 Å². The molecule has 10 heavy (non-hydrogen) atoms. The van der Waals surface area contributed by atoms with Gasteiger partial charge in [-0.2, -0.15) is 0 Å². The van der Waals surface area contributed by atoms with Crippen LogP contribution in [0.1, 0.15) is 5.56 Å². The molecule has 1 rings (SSSR count). The molecule has 1 N–H and O–H groups in total. The van der Waals surface area contributed by atoms with E-state index in [0.717, 1.165) is 0 Å². The van der Waals surface area contributed by atoms with Crippen LogP contribution in [0, 0.1) is 5.82 Å². The van der Waals surface area contributed by atoms with Crippen LogP contribution in [-0.2, 0) is 5.88 Å². The number of nitrogens with one attached hydrogen (secondary N) is 1. The Morgan fingerprint density at radius 1 is 1.70 bits per heavy atom. The van der Waals surface area contributed by atoms with Crippen molar-refractivity contribution in [2.45, 2.75) is 5.88 Å². The molecule has 0 fully saturated rings. The number of pyridine rings is 1. The monoisotopic (exact) mass is 161 g/mol. The number of hydrogen-bond donors (Lipinski definition) is 1.